The van der Waals surface area contributed by atoms with E-state index in [2.05, 4.69) is 17.9 Å². The van der Waals surface area contributed by atoms with Gasteiger partial charge in [-0.3, -0.25) is 9.69 Å². The number of benzene rings is 1. The number of carbonyl (C=O) groups is 1. The maximum absolute atomic E-state index is 11.6. The molecule has 3 heteroatoms. The van der Waals surface area contributed by atoms with Crippen LogP contribution >= 0.6 is 0 Å². The van der Waals surface area contributed by atoms with Crippen molar-refractivity contribution in [2.75, 3.05) is 6.54 Å². The number of hydrogen-bond acceptors (Lipinski definition) is 2. The van der Waals surface area contributed by atoms with Crippen molar-refractivity contribution in [1.29, 1.82) is 0 Å². The molecule has 1 fully saturated rings. The number of carboxylic acid groups (broad SMARTS) is 1. The van der Waals surface area contributed by atoms with Crippen molar-refractivity contribution in [2.24, 2.45) is 5.92 Å². The zero-order valence-electron chi connectivity index (χ0n) is 12.1. The van der Waals surface area contributed by atoms with Crippen molar-refractivity contribution in [3.63, 3.8) is 0 Å². The molecule has 1 aliphatic carbocycles. The SMILES string of the molecule is CC(C1CCCC1)N1Cc2ccccc2C(C(=O)O)C1. The summed E-state index contributed by atoms with van der Waals surface area (Å²) in [5.74, 6) is -0.320. The molecule has 1 saturated carbocycles. The highest BCUT2D eigenvalue weighted by Crippen LogP contribution is 2.35. The average molecular weight is 273 g/mol. The summed E-state index contributed by atoms with van der Waals surface area (Å²) in [5, 5.41) is 9.52. The lowest BCUT2D eigenvalue weighted by Crippen LogP contribution is -2.44. The maximum Gasteiger partial charge on any atom is 0.312 e. The van der Waals surface area contributed by atoms with Crippen LogP contribution in [-0.2, 0) is 11.3 Å². The van der Waals surface area contributed by atoms with Gasteiger partial charge >= 0.3 is 5.97 Å². The molecule has 3 nitrogen and oxygen atoms in total. The number of carboxylic acids is 1. The molecule has 0 spiro atoms. The van der Waals surface area contributed by atoms with Gasteiger partial charge in [0.25, 0.3) is 0 Å². The Balaban J connectivity index is 1.84. The third-order valence-electron chi connectivity index (χ3n) is 5.18. The Morgan fingerprint density at radius 3 is 2.70 bits per heavy atom. The fourth-order valence-electron chi connectivity index (χ4n) is 3.89. The topological polar surface area (TPSA) is 40.5 Å². The highest BCUT2D eigenvalue weighted by Gasteiger charge is 2.34. The first kappa shape index (κ1) is 13.6. The minimum atomic E-state index is -0.694. The molecule has 0 bridgehead atoms. The first-order valence-corrected chi connectivity index (χ1v) is 7.71. The summed E-state index contributed by atoms with van der Waals surface area (Å²) in [6.07, 6.45) is 5.28. The largest absolute Gasteiger partial charge is 0.481 e. The summed E-state index contributed by atoms with van der Waals surface area (Å²) >= 11 is 0. The molecular weight excluding hydrogens is 250 g/mol. The van der Waals surface area contributed by atoms with Gasteiger partial charge in [0.2, 0.25) is 0 Å². The summed E-state index contributed by atoms with van der Waals surface area (Å²) in [5.41, 5.74) is 2.20. The second kappa shape index (κ2) is 5.57. The van der Waals surface area contributed by atoms with E-state index in [1.54, 1.807) is 0 Å². The molecule has 1 heterocycles. The van der Waals surface area contributed by atoms with Gasteiger partial charge in [0, 0.05) is 19.1 Å². The monoisotopic (exact) mass is 273 g/mol. The van der Waals surface area contributed by atoms with Crippen molar-refractivity contribution in [1.82, 2.24) is 4.90 Å². The van der Waals surface area contributed by atoms with E-state index in [9.17, 15) is 9.90 Å². The van der Waals surface area contributed by atoms with E-state index in [1.165, 1.54) is 31.2 Å². The van der Waals surface area contributed by atoms with Gasteiger partial charge in [-0.2, -0.15) is 0 Å². The molecule has 0 aromatic heterocycles. The summed E-state index contributed by atoms with van der Waals surface area (Å²) in [6, 6.07) is 8.52. The van der Waals surface area contributed by atoms with Gasteiger partial charge in [-0.05, 0) is 36.8 Å². The number of rotatable bonds is 3. The van der Waals surface area contributed by atoms with Crippen LogP contribution < -0.4 is 0 Å². The van der Waals surface area contributed by atoms with Crippen LogP contribution in [-0.4, -0.2) is 28.6 Å². The van der Waals surface area contributed by atoms with Gasteiger partial charge in [-0.15, -0.1) is 0 Å². The van der Waals surface area contributed by atoms with Crippen molar-refractivity contribution in [2.45, 2.75) is 51.1 Å². The van der Waals surface area contributed by atoms with Crippen LogP contribution in [0.3, 0.4) is 0 Å². The highest BCUT2D eigenvalue weighted by atomic mass is 16.4. The second-order valence-electron chi connectivity index (χ2n) is 6.30. The zero-order valence-corrected chi connectivity index (χ0v) is 12.1. The van der Waals surface area contributed by atoms with E-state index in [0.717, 1.165) is 18.0 Å². The second-order valence-corrected chi connectivity index (χ2v) is 6.30. The van der Waals surface area contributed by atoms with E-state index in [0.29, 0.717) is 12.6 Å². The first-order chi connectivity index (χ1) is 9.66. The lowest BCUT2D eigenvalue weighted by atomic mass is 9.87. The van der Waals surface area contributed by atoms with E-state index >= 15 is 0 Å². The molecule has 1 aromatic carbocycles. The molecule has 108 valence electrons. The molecular formula is C17H23NO2. The van der Waals surface area contributed by atoms with E-state index in [1.807, 2.05) is 18.2 Å². The Labute approximate surface area is 120 Å². The van der Waals surface area contributed by atoms with Gasteiger partial charge in [0.05, 0.1) is 5.92 Å². The molecule has 2 atom stereocenters. The van der Waals surface area contributed by atoms with Crippen LogP contribution in [0.5, 0.6) is 0 Å². The molecule has 2 aliphatic rings. The molecule has 0 radical (unpaired) electrons. The Morgan fingerprint density at radius 2 is 2.00 bits per heavy atom. The lowest BCUT2D eigenvalue weighted by Gasteiger charge is -2.39. The van der Waals surface area contributed by atoms with Crippen molar-refractivity contribution in [3.8, 4) is 0 Å². The lowest BCUT2D eigenvalue weighted by molar-refractivity contribution is -0.139. The quantitative estimate of drug-likeness (QED) is 0.919. The zero-order chi connectivity index (χ0) is 14.1. The molecule has 0 amide bonds. The summed E-state index contributed by atoms with van der Waals surface area (Å²) in [4.78, 5) is 14.0. The van der Waals surface area contributed by atoms with Gasteiger partial charge in [0.15, 0.2) is 0 Å². The number of aliphatic carboxylic acids is 1. The minimum Gasteiger partial charge on any atom is -0.481 e. The molecule has 0 saturated heterocycles. The third kappa shape index (κ3) is 2.47. The number of hydrogen-bond donors (Lipinski definition) is 1. The van der Waals surface area contributed by atoms with Crippen molar-refractivity contribution in [3.05, 3.63) is 35.4 Å². The summed E-state index contributed by atoms with van der Waals surface area (Å²) in [6.45, 7) is 3.84. The third-order valence-corrected chi connectivity index (χ3v) is 5.18. The van der Waals surface area contributed by atoms with Crippen molar-refractivity contribution >= 4 is 5.97 Å². The Hall–Kier alpha value is -1.35. The Bertz CT molecular complexity index is 494. The maximum atomic E-state index is 11.6. The van der Waals surface area contributed by atoms with E-state index in [4.69, 9.17) is 0 Å². The predicted molar refractivity (Wildman–Crippen MR) is 78.6 cm³/mol. The fourth-order valence-corrected chi connectivity index (χ4v) is 3.89. The molecule has 2 unspecified atom stereocenters. The van der Waals surface area contributed by atoms with Gasteiger partial charge in [0.1, 0.15) is 0 Å². The van der Waals surface area contributed by atoms with Crippen LogP contribution in [0.25, 0.3) is 0 Å². The number of fused-ring (bicyclic) bond motifs is 1. The van der Waals surface area contributed by atoms with E-state index < -0.39 is 5.97 Å². The Kier molecular flexibility index (Phi) is 3.79. The van der Waals surface area contributed by atoms with Crippen LogP contribution in [0.4, 0.5) is 0 Å². The van der Waals surface area contributed by atoms with Crippen molar-refractivity contribution < 1.29 is 9.90 Å². The highest BCUT2D eigenvalue weighted by molar-refractivity contribution is 5.77. The smallest absolute Gasteiger partial charge is 0.312 e. The summed E-state index contributed by atoms with van der Waals surface area (Å²) in [7, 11) is 0. The summed E-state index contributed by atoms with van der Waals surface area (Å²) < 4.78 is 0. The van der Waals surface area contributed by atoms with Crippen LogP contribution in [0.15, 0.2) is 24.3 Å². The first-order valence-electron chi connectivity index (χ1n) is 7.71. The predicted octanol–water partition coefficient (Wildman–Crippen LogP) is 3.25. The van der Waals surface area contributed by atoms with Crippen LogP contribution in [0, 0.1) is 5.92 Å². The van der Waals surface area contributed by atoms with Crippen LogP contribution in [0.1, 0.15) is 49.7 Å². The Morgan fingerprint density at radius 1 is 1.30 bits per heavy atom. The molecule has 1 aromatic rings. The van der Waals surface area contributed by atoms with Gasteiger partial charge in [-0.25, -0.2) is 0 Å². The standard InChI is InChI=1S/C17H23NO2/c1-12(13-6-2-3-7-13)18-10-14-8-4-5-9-15(14)16(11-18)17(19)20/h4-5,8-9,12-13,16H,2-3,6-7,10-11H2,1H3,(H,19,20). The van der Waals surface area contributed by atoms with Crippen LogP contribution in [0.2, 0.25) is 0 Å². The molecule has 20 heavy (non-hydrogen) atoms. The molecule has 1 aliphatic heterocycles. The molecule has 3 rings (SSSR count). The van der Waals surface area contributed by atoms with Gasteiger partial charge in [-0.1, -0.05) is 37.1 Å². The normalized spacial score (nSPS) is 25.4. The minimum absolute atomic E-state index is 0.371. The molecule has 1 N–H and O–H groups in total. The van der Waals surface area contributed by atoms with Gasteiger partial charge < -0.3 is 5.11 Å². The van der Waals surface area contributed by atoms with E-state index in [-0.39, 0.29) is 5.92 Å². The number of nitrogens with zero attached hydrogens (tertiary/aromatic N) is 1. The fraction of sp³-hybridized carbons (Fsp3) is 0.588. The average Bonchev–Trinajstić information content (AvgIpc) is 2.99.